The molecule has 0 aromatic heterocycles. The fraction of sp³-hybridized carbons (Fsp3) is 0.400. The van der Waals surface area contributed by atoms with E-state index in [0.717, 1.165) is 0 Å². The van der Waals surface area contributed by atoms with Crippen molar-refractivity contribution in [3.63, 3.8) is 0 Å². The number of hydrogen-bond acceptors (Lipinski definition) is 6. The number of carbonyl (C=O) groups excluding carboxylic acids is 1. The smallest absolute Gasteiger partial charge is 0.270 e. The second-order valence-corrected chi connectivity index (χ2v) is 4.58. The number of hydrogen-bond donors (Lipinski definition) is 4. The van der Waals surface area contributed by atoms with E-state index < -0.39 is 18.1 Å². The van der Waals surface area contributed by atoms with E-state index in [1.54, 1.807) is 24.3 Å². The maximum absolute atomic E-state index is 11.3. The molecule has 0 aliphatic rings. The van der Waals surface area contributed by atoms with Crippen molar-refractivity contribution in [2.24, 2.45) is 0 Å². The minimum Gasteiger partial charge on any atom is -0.491 e. The van der Waals surface area contributed by atoms with Crippen molar-refractivity contribution in [3.8, 4) is 5.75 Å². The quantitative estimate of drug-likeness (QED) is 0.317. The molecule has 0 saturated heterocycles. The van der Waals surface area contributed by atoms with Crippen LogP contribution in [0.4, 0.5) is 0 Å². The molecule has 1 aromatic rings. The number of aliphatic hydroxyl groups is 2. The van der Waals surface area contributed by atoms with Crippen LogP contribution in [-0.4, -0.2) is 47.8 Å². The van der Waals surface area contributed by atoms with E-state index in [2.05, 4.69) is 0 Å². The van der Waals surface area contributed by atoms with Gasteiger partial charge in [-0.3, -0.25) is 10.0 Å². The Morgan fingerprint density at radius 3 is 2.50 bits per heavy atom. The molecule has 1 amide bonds. The van der Waals surface area contributed by atoms with Crippen LogP contribution in [0.25, 0.3) is 0 Å². The van der Waals surface area contributed by atoms with Gasteiger partial charge in [0.2, 0.25) is 0 Å². The Balaban J connectivity index is 2.83. The lowest BCUT2D eigenvalue weighted by Crippen LogP contribution is -2.24. The van der Waals surface area contributed by atoms with Gasteiger partial charge in [-0.2, -0.15) is 0 Å². The fourth-order valence-electron chi connectivity index (χ4n) is 1.81. The second-order valence-electron chi connectivity index (χ2n) is 4.58. The first-order valence-corrected chi connectivity index (χ1v) is 6.70. The third kappa shape index (κ3) is 5.12. The molecular weight excluding hydrogens is 290 g/mol. The summed E-state index contributed by atoms with van der Waals surface area (Å²) >= 11 is 0. The molecule has 0 saturated carbocycles. The van der Waals surface area contributed by atoms with E-state index >= 15 is 0 Å². The maximum atomic E-state index is 11.3. The third-order valence-corrected chi connectivity index (χ3v) is 3.04. The van der Waals surface area contributed by atoms with E-state index in [1.807, 2.05) is 0 Å². The zero-order chi connectivity index (χ0) is 16.5. The molecule has 7 heteroatoms. The number of amides is 1. The molecule has 1 aromatic carbocycles. The van der Waals surface area contributed by atoms with E-state index in [0.29, 0.717) is 11.3 Å². The van der Waals surface area contributed by atoms with Crippen molar-refractivity contribution in [2.45, 2.75) is 19.1 Å². The van der Waals surface area contributed by atoms with Crippen molar-refractivity contribution in [3.05, 3.63) is 41.5 Å². The first-order valence-electron chi connectivity index (χ1n) is 6.70. The summed E-state index contributed by atoms with van der Waals surface area (Å²) in [7, 11) is 1.41. The highest BCUT2D eigenvalue weighted by Crippen LogP contribution is 2.23. The number of aliphatic hydroxyl groups excluding tert-OH is 2. The summed E-state index contributed by atoms with van der Waals surface area (Å²) < 4.78 is 10.4. The monoisotopic (exact) mass is 311 g/mol. The first-order chi connectivity index (χ1) is 10.5. The largest absolute Gasteiger partial charge is 0.491 e. The number of rotatable bonds is 8. The predicted octanol–water partition coefficient (Wildman–Crippen LogP) is 0.558. The lowest BCUT2D eigenvalue weighted by Gasteiger charge is -2.20. The minimum absolute atomic E-state index is 0.0763. The lowest BCUT2D eigenvalue weighted by molar-refractivity contribution is -0.125. The second kappa shape index (κ2) is 9.16. The number of ether oxygens (including phenoxy) is 2. The van der Waals surface area contributed by atoms with Crippen LogP contribution >= 0.6 is 0 Å². The Morgan fingerprint density at radius 2 is 2.00 bits per heavy atom. The number of nitrogens with one attached hydrogen (secondary N) is 1. The van der Waals surface area contributed by atoms with Crippen LogP contribution in [0.1, 0.15) is 18.6 Å². The van der Waals surface area contributed by atoms with Crippen molar-refractivity contribution < 1.29 is 29.7 Å². The molecule has 122 valence electrons. The highest BCUT2D eigenvalue weighted by molar-refractivity contribution is 5.91. The highest BCUT2D eigenvalue weighted by atomic mass is 16.5. The van der Waals surface area contributed by atoms with Gasteiger partial charge in [0.15, 0.2) is 0 Å². The van der Waals surface area contributed by atoms with Crippen LogP contribution in [0.3, 0.4) is 0 Å². The fourth-order valence-corrected chi connectivity index (χ4v) is 1.81. The van der Waals surface area contributed by atoms with Crippen LogP contribution in [0.5, 0.6) is 5.75 Å². The maximum Gasteiger partial charge on any atom is 0.270 e. The number of methoxy groups -OCH3 is 1. The molecule has 4 N–H and O–H groups in total. The number of hydroxylamine groups is 1. The van der Waals surface area contributed by atoms with Crippen LogP contribution in [-0.2, 0) is 9.53 Å². The zero-order valence-electron chi connectivity index (χ0n) is 12.5. The van der Waals surface area contributed by atoms with Crippen molar-refractivity contribution in [1.82, 2.24) is 5.48 Å². The SMILES string of the molecule is CO[C@@H](/C=C(\C)C(=O)NO)[C@@H](O)c1ccc(OCCO)cc1. The van der Waals surface area contributed by atoms with Gasteiger partial charge >= 0.3 is 0 Å². The molecule has 7 nitrogen and oxygen atoms in total. The zero-order valence-corrected chi connectivity index (χ0v) is 12.5. The molecule has 0 aliphatic carbocycles. The van der Waals surface area contributed by atoms with Gasteiger partial charge in [0.05, 0.1) is 6.61 Å². The molecule has 0 unspecified atom stereocenters. The average Bonchev–Trinajstić information content (AvgIpc) is 2.56. The van der Waals surface area contributed by atoms with Gasteiger partial charge < -0.3 is 19.7 Å². The molecule has 22 heavy (non-hydrogen) atoms. The molecule has 0 bridgehead atoms. The summed E-state index contributed by atoms with van der Waals surface area (Å²) in [6.07, 6.45) is -0.313. The molecule has 0 fully saturated rings. The predicted molar refractivity (Wildman–Crippen MR) is 78.5 cm³/mol. The summed E-state index contributed by atoms with van der Waals surface area (Å²) in [5.74, 6) is -0.0904. The van der Waals surface area contributed by atoms with E-state index in [4.69, 9.17) is 19.8 Å². The van der Waals surface area contributed by atoms with Gasteiger partial charge in [-0.15, -0.1) is 0 Å². The topological polar surface area (TPSA) is 108 Å². The standard InChI is InChI=1S/C15H21NO6/c1-10(15(19)16-20)9-13(21-2)14(18)11-3-5-12(6-4-11)22-8-7-17/h3-6,9,13-14,17-18,20H,7-8H2,1-2H3,(H,16,19)/b10-9+/t13-,14-/m0/s1. The van der Waals surface area contributed by atoms with Gasteiger partial charge in [-0.05, 0) is 30.7 Å². The Hall–Kier alpha value is -1.93. The molecule has 0 aliphatic heterocycles. The number of benzene rings is 1. The highest BCUT2D eigenvalue weighted by Gasteiger charge is 2.20. The van der Waals surface area contributed by atoms with Crippen LogP contribution in [0.2, 0.25) is 0 Å². The van der Waals surface area contributed by atoms with Crippen LogP contribution < -0.4 is 10.2 Å². The van der Waals surface area contributed by atoms with E-state index in [1.165, 1.54) is 25.6 Å². The summed E-state index contributed by atoms with van der Waals surface area (Å²) in [5, 5.41) is 27.6. The Kier molecular flexibility index (Phi) is 7.55. The number of carbonyl (C=O) groups is 1. The molecule has 0 spiro atoms. The van der Waals surface area contributed by atoms with Crippen molar-refractivity contribution >= 4 is 5.91 Å². The Bertz CT molecular complexity index is 499. The average molecular weight is 311 g/mol. The summed E-state index contributed by atoms with van der Waals surface area (Å²) in [5.41, 5.74) is 2.32. The molecular formula is C15H21NO6. The van der Waals surface area contributed by atoms with Crippen molar-refractivity contribution in [1.29, 1.82) is 0 Å². The van der Waals surface area contributed by atoms with Crippen LogP contribution in [0, 0.1) is 0 Å². The molecule has 1 rings (SSSR count). The van der Waals surface area contributed by atoms with Gasteiger partial charge in [0, 0.05) is 12.7 Å². The summed E-state index contributed by atoms with van der Waals surface area (Å²) in [6, 6.07) is 6.66. The van der Waals surface area contributed by atoms with Crippen LogP contribution in [0.15, 0.2) is 35.9 Å². The lowest BCUT2D eigenvalue weighted by atomic mass is 10.0. The first kappa shape index (κ1) is 18.1. The van der Waals surface area contributed by atoms with Gasteiger partial charge in [-0.25, -0.2) is 5.48 Å². The Morgan fingerprint density at radius 1 is 1.36 bits per heavy atom. The summed E-state index contributed by atoms with van der Waals surface area (Å²) in [4.78, 5) is 11.3. The van der Waals surface area contributed by atoms with Gasteiger partial charge in [-0.1, -0.05) is 12.1 Å². The van der Waals surface area contributed by atoms with Gasteiger partial charge in [0.1, 0.15) is 24.6 Å². The summed E-state index contributed by atoms with van der Waals surface area (Å²) in [6.45, 7) is 1.62. The Labute approximate surface area is 128 Å². The molecule has 0 heterocycles. The van der Waals surface area contributed by atoms with E-state index in [-0.39, 0.29) is 18.8 Å². The van der Waals surface area contributed by atoms with Gasteiger partial charge in [0.25, 0.3) is 5.91 Å². The minimum atomic E-state index is -0.988. The molecule has 0 radical (unpaired) electrons. The normalized spacial score (nSPS) is 14.3. The van der Waals surface area contributed by atoms with Crippen molar-refractivity contribution in [2.75, 3.05) is 20.3 Å². The molecule has 2 atom stereocenters. The van der Waals surface area contributed by atoms with E-state index in [9.17, 15) is 9.90 Å². The third-order valence-electron chi connectivity index (χ3n) is 3.04.